The van der Waals surface area contributed by atoms with Crippen LogP contribution in [-0.4, -0.2) is 91.0 Å². The molecule has 0 rings (SSSR count). The third-order valence-corrected chi connectivity index (χ3v) is 3.52. The average molecular weight is 378 g/mol. The van der Waals surface area contributed by atoms with Crippen molar-refractivity contribution in [1.82, 2.24) is 4.90 Å². The zero-order valence-corrected chi connectivity index (χ0v) is 17.0. The average Bonchev–Trinajstić information content (AvgIpc) is 2.61. The zero-order valence-electron chi connectivity index (χ0n) is 17.0. The van der Waals surface area contributed by atoms with Crippen LogP contribution in [0.5, 0.6) is 0 Å². The molecule has 0 N–H and O–H groups in total. The first-order valence-electron chi connectivity index (χ1n) is 9.78. The molecule has 0 radical (unpaired) electrons. The number of unbranched alkanes of at least 4 members (excludes halogenated alkanes) is 3. The first-order valence-corrected chi connectivity index (χ1v) is 9.78. The smallest absolute Gasteiger partial charge is 0.305 e. The fraction of sp³-hybridized carbons (Fsp3) is 0.947. The molecule has 0 bridgehead atoms. The van der Waals surface area contributed by atoms with E-state index >= 15 is 0 Å². The Kier molecular flexibility index (Phi) is 20.0. The lowest BCUT2D eigenvalue weighted by Crippen LogP contribution is -2.19. The Labute approximate surface area is 159 Å². The lowest BCUT2D eigenvalue weighted by atomic mass is 10.2. The molecule has 0 aromatic carbocycles. The van der Waals surface area contributed by atoms with Gasteiger partial charge in [-0.2, -0.15) is 0 Å². The second-order valence-corrected chi connectivity index (χ2v) is 6.28. The summed E-state index contributed by atoms with van der Waals surface area (Å²) in [5, 5.41) is 0. The standard InChI is InChI=1S/C19H39NO6/c1-4-5-6-7-8-19(21)26-18-17-25-16-15-24-14-13-23-12-11-22-10-9-20(2)3/h4-18H2,1-3H3. The molecular weight excluding hydrogens is 338 g/mol. The fourth-order valence-corrected chi connectivity index (χ4v) is 1.99. The van der Waals surface area contributed by atoms with Gasteiger partial charge < -0.3 is 28.6 Å². The monoisotopic (exact) mass is 377 g/mol. The van der Waals surface area contributed by atoms with Crippen LogP contribution >= 0.6 is 0 Å². The lowest BCUT2D eigenvalue weighted by Gasteiger charge is -2.10. The molecule has 0 unspecified atom stereocenters. The predicted molar refractivity (Wildman–Crippen MR) is 102 cm³/mol. The molecule has 0 aromatic heterocycles. The van der Waals surface area contributed by atoms with Crippen LogP contribution in [0.1, 0.15) is 39.0 Å². The van der Waals surface area contributed by atoms with Crippen molar-refractivity contribution in [3.8, 4) is 0 Å². The molecule has 0 aromatic rings. The van der Waals surface area contributed by atoms with E-state index in [1.807, 2.05) is 14.1 Å². The summed E-state index contributed by atoms with van der Waals surface area (Å²) < 4.78 is 26.6. The summed E-state index contributed by atoms with van der Waals surface area (Å²) in [5.74, 6) is -0.135. The van der Waals surface area contributed by atoms with Crippen LogP contribution in [0.3, 0.4) is 0 Å². The summed E-state index contributed by atoms with van der Waals surface area (Å²) in [4.78, 5) is 13.5. The van der Waals surface area contributed by atoms with Gasteiger partial charge in [0.2, 0.25) is 0 Å². The zero-order chi connectivity index (χ0) is 19.3. The van der Waals surface area contributed by atoms with Crippen molar-refractivity contribution < 1.29 is 28.5 Å². The van der Waals surface area contributed by atoms with E-state index in [2.05, 4.69) is 11.8 Å². The van der Waals surface area contributed by atoms with Crippen LogP contribution in [0.15, 0.2) is 0 Å². The lowest BCUT2D eigenvalue weighted by molar-refractivity contribution is -0.145. The van der Waals surface area contributed by atoms with Crippen molar-refractivity contribution in [2.75, 3.05) is 80.1 Å². The van der Waals surface area contributed by atoms with E-state index in [4.69, 9.17) is 23.7 Å². The topological polar surface area (TPSA) is 66.5 Å². The highest BCUT2D eigenvalue weighted by Gasteiger charge is 2.02. The molecule has 0 spiro atoms. The minimum atomic E-state index is -0.135. The minimum Gasteiger partial charge on any atom is -0.463 e. The molecule has 7 heteroatoms. The molecule has 26 heavy (non-hydrogen) atoms. The number of likely N-dealkylation sites (N-methyl/N-ethyl adjacent to an activating group) is 1. The van der Waals surface area contributed by atoms with Crippen molar-refractivity contribution in [1.29, 1.82) is 0 Å². The Morgan fingerprint density at radius 3 is 1.69 bits per heavy atom. The highest BCUT2D eigenvalue weighted by atomic mass is 16.6. The molecule has 0 heterocycles. The van der Waals surface area contributed by atoms with Crippen molar-refractivity contribution in [3.05, 3.63) is 0 Å². The van der Waals surface area contributed by atoms with Crippen LogP contribution in [0.25, 0.3) is 0 Å². The van der Waals surface area contributed by atoms with Crippen molar-refractivity contribution in [3.63, 3.8) is 0 Å². The SMILES string of the molecule is CCCCCCC(=O)OCCOCCOCCOCCOCCN(C)C. The second-order valence-electron chi connectivity index (χ2n) is 6.28. The number of hydrogen-bond donors (Lipinski definition) is 0. The van der Waals surface area contributed by atoms with Crippen molar-refractivity contribution in [2.24, 2.45) is 0 Å². The number of carbonyl (C=O) groups is 1. The van der Waals surface area contributed by atoms with E-state index in [1.165, 1.54) is 12.8 Å². The molecule has 0 amide bonds. The number of esters is 1. The van der Waals surface area contributed by atoms with Crippen LogP contribution in [0.4, 0.5) is 0 Å². The van der Waals surface area contributed by atoms with Gasteiger partial charge >= 0.3 is 5.97 Å². The summed E-state index contributed by atoms with van der Waals surface area (Å²) in [6.07, 6.45) is 4.84. The normalized spacial score (nSPS) is 11.2. The molecule has 0 saturated carbocycles. The molecular formula is C19H39NO6. The Balaban J connectivity index is 3.10. The van der Waals surface area contributed by atoms with Gasteiger partial charge in [-0.25, -0.2) is 0 Å². The Bertz CT molecular complexity index is 302. The predicted octanol–water partition coefficient (Wildman–Crippen LogP) is 2.13. The van der Waals surface area contributed by atoms with E-state index in [1.54, 1.807) is 0 Å². The highest BCUT2D eigenvalue weighted by Crippen LogP contribution is 2.03. The first kappa shape index (κ1) is 25.3. The maximum absolute atomic E-state index is 11.4. The summed E-state index contributed by atoms with van der Waals surface area (Å²) in [6.45, 7) is 7.77. The molecule has 156 valence electrons. The van der Waals surface area contributed by atoms with E-state index in [0.29, 0.717) is 59.3 Å². The van der Waals surface area contributed by atoms with Gasteiger partial charge in [0.25, 0.3) is 0 Å². The highest BCUT2D eigenvalue weighted by molar-refractivity contribution is 5.69. The van der Waals surface area contributed by atoms with Crippen LogP contribution in [0, 0.1) is 0 Å². The molecule has 0 aliphatic heterocycles. The van der Waals surface area contributed by atoms with Gasteiger partial charge in [0.15, 0.2) is 0 Å². The summed E-state index contributed by atoms with van der Waals surface area (Å²) in [7, 11) is 4.03. The third kappa shape index (κ3) is 21.3. The third-order valence-electron chi connectivity index (χ3n) is 3.52. The Morgan fingerprint density at radius 1 is 0.692 bits per heavy atom. The van der Waals surface area contributed by atoms with Gasteiger partial charge in [-0.1, -0.05) is 26.2 Å². The number of carbonyl (C=O) groups excluding carboxylic acids is 1. The van der Waals surface area contributed by atoms with E-state index in [9.17, 15) is 4.79 Å². The maximum Gasteiger partial charge on any atom is 0.305 e. The molecule has 0 atom stereocenters. The van der Waals surface area contributed by atoms with Crippen molar-refractivity contribution in [2.45, 2.75) is 39.0 Å². The number of ether oxygens (including phenoxy) is 5. The first-order chi connectivity index (χ1) is 12.7. The van der Waals surface area contributed by atoms with Gasteiger partial charge in [0, 0.05) is 13.0 Å². The Morgan fingerprint density at radius 2 is 1.19 bits per heavy atom. The van der Waals surface area contributed by atoms with Crippen LogP contribution in [-0.2, 0) is 28.5 Å². The van der Waals surface area contributed by atoms with Gasteiger partial charge in [-0.3, -0.25) is 4.79 Å². The maximum atomic E-state index is 11.4. The molecule has 0 aliphatic rings. The summed E-state index contributed by atoms with van der Waals surface area (Å²) in [6, 6.07) is 0. The van der Waals surface area contributed by atoms with E-state index in [0.717, 1.165) is 26.0 Å². The second kappa shape index (κ2) is 20.6. The summed E-state index contributed by atoms with van der Waals surface area (Å²) >= 11 is 0. The molecule has 0 fully saturated rings. The van der Waals surface area contributed by atoms with Gasteiger partial charge in [-0.15, -0.1) is 0 Å². The quantitative estimate of drug-likeness (QED) is 0.238. The van der Waals surface area contributed by atoms with Gasteiger partial charge in [0.05, 0.1) is 52.9 Å². The largest absolute Gasteiger partial charge is 0.463 e. The van der Waals surface area contributed by atoms with Gasteiger partial charge in [0.1, 0.15) is 6.61 Å². The number of nitrogens with zero attached hydrogens (tertiary/aromatic N) is 1. The van der Waals surface area contributed by atoms with E-state index in [-0.39, 0.29) is 5.97 Å². The molecule has 7 nitrogen and oxygen atoms in total. The Hall–Kier alpha value is -0.730. The summed E-state index contributed by atoms with van der Waals surface area (Å²) in [5.41, 5.74) is 0. The van der Waals surface area contributed by atoms with Crippen LogP contribution in [0.2, 0.25) is 0 Å². The van der Waals surface area contributed by atoms with Gasteiger partial charge in [-0.05, 0) is 20.5 Å². The molecule has 0 saturated heterocycles. The minimum absolute atomic E-state index is 0.135. The number of rotatable bonds is 20. The van der Waals surface area contributed by atoms with Crippen LogP contribution < -0.4 is 0 Å². The number of hydrogen-bond acceptors (Lipinski definition) is 7. The fourth-order valence-electron chi connectivity index (χ4n) is 1.99. The van der Waals surface area contributed by atoms with E-state index < -0.39 is 0 Å². The molecule has 0 aliphatic carbocycles. The van der Waals surface area contributed by atoms with Crippen molar-refractivity contribution >= 4 is 5.97 Å².